The molecule has 334 valence electrons. The largest absolute Gasteiger partial charge is 0.309 e. The van der Waals surface area contributed by atoms with E-state index in [0.717, 1.165) is 40.7 Å². The Hall–Kier alpha value is -8.77. The van der Waals surface area contributed by atoms with Crippen molar-refractivity contribution >= 4 is 120 Å². The van der Waals surface area contributed by atoms with Gasteiger partial charge in [-0.15, -0.1) is 11.3 Å². The topological polar surface area (TPSA) is 26.0 Å². The molecule has 4 heterocycles. The minimum Gasteiger partial charge on any atom is -0.309 e. The van der Waals surface area contributed by atoms with E-state index in [9.17, 15) is 0 Å². The first-order valence-corrected chi connectivity index (χ1v) is 25.4. The minimum atomic E-state index is 0.418. The van der Waals surface area contributed by atoms with Crippen molar-refractivity contribution in [2.75, 3.05) is 4.90 Å². The van der Waals surface area contributed by atoms with Crippen molar-refractivity contribution in [1.82, 2.24) is 14.1 Å². The lowest BCUT2D eigenvalue weighted by Gasteiger charge is -2.27. The van der Waals surface area contributed by atoms with Crippen molar-refractivity contribution < 1.29 is 0 Å². The van der Waals surface area contributed by atoms with E-state index in [1.807, 2.05) is 11.3 Å². The highest BCUT2D eigenvalue weighted by atomic mass is 32.1. The van der Waals surface area contributed by atoms with E-state index in [-0.39, 0.29) is 0 Å². The van der Waals surface area contributed by atoms with Gasteiger partial charge in [-0.3, -0.25) is 4.90 Å². The molecule has 1 unspecified atom stereocenters. The molecule has 4 aromatic heterocycles. The molecule has 0 saturated carbocycles. The first-order valence-electron chi connectivity index (χ1n) is 24.6. The lowest BCUT2D eigenvalue weighted by Crippen LogP contribution is -2.14. The Labute approximate surface area is 414 Å². The maximum absolute atomic E-state index is 5.56. The molecule has 5 heteroatoms. The number of thiophene rings is 1. The summed E-state index contributed by atoms with van der Waals surface area (Å²) in [6, 6.07) is 80.8. The van der Waals surface area contributed by atoms with Gasteiger partial charge in [0.25, 0.3) is 0 Å². The number of anilines is 3. The molecule has 0 aliphatic heterocycles. The number of nitrogens with zero attached hydrogens (tertiary/aromatic N) is 4. The van der Waals surface area contributed by atoms with Gasteiger partial charge in [0.2, 0.25) is 0 Å². The average molecular weight is 925 g/mol. The Morgan fingerprint density at radius 3 is 1.92 bits per heavy atom. The number of fused-ring (bicyclic) bond motifs is 13. The zero-order valence-electron chi connectivity index (χ0n) is 38.9. The summed E-state index contributed by atoms with van der Waals surface area (Å²) in [5, 5.41) is 12.4. The van der Waals surface area contributed by atoms with Crippen molar-refractivity contribution in [2.45, 2.75) is 13.3 Å². The van der Waals surface area contributed by atoms with Gasteiger partial charge in [0.15, 0.2) is 0 Å². The van der Waals surface area contributed by atoms with Crippen LogP contribution in [0.1, 0.15) is 18.2 Å². The normalized spacial score (nSPS) is 13.7. The van der Waals surface area contributed by atoms with Crippen LogP contribution in [0.25, 0.3) is 114 Å². The van der Waals surface area contributed by atoms with Crippen LogP contribution >= 0.6 is 11.3 Å². The molecule has 71 heavy (non-hydrogen) atoms. The third-order valence-corrected chi connectivity index (χ3v) is 16.2. The van der Waals surface area contributed by atoms with Crippen molar-refractivity contribution in [3.8, 4) is 22.5 Å². The van der Waals surface area contributed by atoms with Crippen molar-refractivity contribution in [1.29, 1.82) is 0 Å². The first kappa shape index (κ1) is 40.1. The summed E-state index contributed by atoms with van der Waals surface area (Å²) < 4.78 is 7.39. The second-order valence-corrected chi connectivity index (χ2v) is 20.3. The molecular formula is C66H44N4S. The summed E-state index contributed by atoms with van der Waals surface area (Å²) in [5.41, 5.74) is 13.9. The Bertz CT molecular complexity index is 4530. The van der Waals surface area contributed by atoms with Crippen LogP contribution in [0, 0.1) is 5.92 Å². The maximum Gasteiger partial charge on any atom is 0.137 e. The van der Waals surface area contributed by atoms with Crippen LogP contribution in [0.4, 0.5) is 17.2 Å². The number of benzene rings is 10. The van der Waals surface area contributed by atoms with Gasteiger partial charge in [-0.2, -0.15) is 0 Å². The molecule has 1 aliphatic rings. The quantitative estimate of drug-likeness (QED) is 0.155. The highest BCUT2D eigenvalue weighted by Gasteiger charge is 2.24. The van der Waals surface area contributed by atoms with Crippen LogP contribution in [0.5, 0.6) is 0 Å². The molecule has 10 aromatic carbocycles. The summed E-state index contributed by atoms with van der Waals surface area (Å²) in [4.78, 5) is 7.96. The summed E-state index contributed by atoms with van der Waals surface area (Å²) in [6.45, 7) is 2.28. The standard InChI is InChI=1S/C66H44N4S/c1-41-23-24-44-29-34-65(67-59(44)35-41)68(47-31-33-63-57(38-47)52-18-8-10-20-60(52)69(63)46-14-3-2-4-15-46)49-39-55(66-58(40-49)53-19-9-12-22-64(53)71-66)45-28-32-62-56(36-45)51-17-7-11-21-61(51)70(62)48-30-27-43-26-25-42-13-5-6-16-50(42)54(43)37-48/h2-34,36-41H,35H2,1H3. The number of rotatable bonds is 6. The molecule has 1 aliphatic carbocycles. The van der Waals surface area contributed by atoms with Crippen LogP contribution in [-0.4, -0.2) is 14.1 Å². The van der Waals surface area contributed by atoms with Gasteiger partial charge in [-0.25, -0.2) is 4.98 Å². The van der Waals surface area contributed by atoms with Crippen LogP contribution in [0.15, 0.2) is 224 Å². The molecule has 0 N–H and O–H groups in total. The monoisotopic (exact) mass is 924 g/mol. The molecule has 0 amide bonds. The van der Waals surface area contributed by atoms with Gasteiger partial charge < -0.3 is 9.13 Å². The summed E-state index contributed by atoms with van der Waals surface area (Å²) >= 11 is 1.88. The second kappa shape index (κ2) is 15.6. The maximum atomic E-state index is 5.56. The summed E-state index contributed by atoms with van der Waals surface area (Å²) in [5.74, 6) is 1.32. The average Bonchev–Trinajstić information content (AvgIpc) is 4.08. The Morgan fingerprint density at radius 2 is 1.10 bits per heavy atom. The number of aromatic nitrogens is 3. The molecule has 15 rings (SSSR count). The van der Waals surface area contributed by atoms with Crippen LogP contribution in [0.2, 0.25) is 0 Å². The third kappa shape index (κ3) is 6.26. The molecule has 0 radical (unpaired) electrons. The second-order valence-electron chi connectivity index (χ2n) is 19.2. The molecule has 0 saturated heterocycles. The smallest absolute Gasteiger partial charge is 0.137 e. The molecule has 0 bridgehead atoms. The van der Waals surface area contributed by atoms with Crippen molar-refractivity contribution in [3.63, 3.8) is 0 Å². The lowest BCUT2D eigenvalue weighted by molar-refractivity contribution is 0.699. The predicted octanol–water partition coefficient (Wildman–Crippen LogP) is 18.3. The number of hydrogen-bond donors (Lipinski definition) is 0. The molecular weight excluding hydrogens is 881 g/mol. The zero-order valence-corrected chi connectivity index (χ0v) is 39.7. The van der Waals surface area contributed by atoms with E-state index in [4.69, 9.17) is 4.98 Å². The number of para-hydroxylation sites is 3. The molecule has 0 spiro atoms. The fraction of sp³-hybridized carbons (Fsp3) is 0.0455. The van der Waals surface area contributed by atoms with Gasteiger partial charge >= 0.3 is 0 Å². The highest BCUT2D eigenvalue weighted by Crippen LogP contribution is 2.48. The third-order valence-electron chi connectivity index (χ3n) is 15.0. The van der Waals surface area contributed by atoms with Crippen LogP contribution in [-0.2, 0) is 6.42 Å². The van der Waals surface area contributed by atoms with E-state index >= 15 is 0 Å². The van der Waals surface area contributed by atoms with E-state index < -0.39 is 0 Å². The van der Waals surface area contributed by atoms with Gasteiger partial charge in [0, 0.05) is 70.0 Å². The first-order chi connectivity index (χ1) is 35.1. The number of pyridine rings is 1. The SMILES string of the molecule is CC1C=Cc2ccc(N(c3cc(-c4ccc5c(c4)c4ccccc4n5-c4ccc5ccc6ccccc6c5c4)c4sc5ccccc5c4c3)c3ccc4c(c3)c3ccccc3n4-c3ccccc3)nc2C1. The van der Waals surface area contributed by atoms with Gasteiger partial charge in [0.1, 0.15) is 5.82 Å². The highest BCUT2D eigenvalue weighted by molar-refractivity contribution is 7.26. The lowest BCUT2D eigenvalue weighted by atomic mass is 9.95. The number of hydrogen-bond acceptors (Lipinski definition) is 3. The fourth-order valence-electron chi connectivity index (χ4n) is 11.7. The summed E-state index contributed by atoms with van der Waals surface area (Å²) in [6.07, 6.45) is 5.45. The summed E-state index contributed by atoms with van der Waals surface area (Å²) in [7, 11) is 0. The molecule has 4 nitrogen and oxygen atoms in total. The molecule has 14 aromatic rings. The van der Waals surface area contributed by atoms with Crippen LogP contribution < -0.4 is 4.90 Å². The van der Waals surface area contributed by atoms with Crippen molar-refractivity contribution in [2.24, 2.45) is 5.92 Å². The molecule has 1 atom stereocenters. The predicted molar refractivity (Wildman–Crippen MR) is 303 cm³/mol. The van der Waals surface area contributed by atoms with Crippen molar-refractivity contribution in [3.05, 3.63) is 236 Å². The molecule has 0 fully saturated rings. The Balaban J connectivity index is 0.969. The van der Waals surface area contributed by atoms with E-state index in [1.165, 1.54) is 102 Å². The van der Waals surface area contributed by atoms with Crippen LogP contribution in [0.3, 0.4) is 0 Å². The van der Waals surface area contributed by atoms with Gasteiger partial charge in [-0.05, 0) is 142 Å². The van der Waals surface area contributed by atoms with E-state index in [0.29, 0.717) is 5.92 Å². The Morgan fingerprint density at radius 1 is 0.465 bits per heavy atom. The Kier molecular flexibility index (Phi) is 8.84. The fourth-order valence-corrected chi connectivity index (χ4v) is 12.9. The minimum absolute atomic E-state index is 0.418. The zero-order chi connectivity index (χ0) is 46.7. The van der Waals surface area contributed by atoms with E-state index in [1.54, 1.807) is 0 Å². The van der Waals surface area contributed by atoms with Gasteiger partial charge in [-0.1, -0.05) is 140 Å². The van der Waals surface area contributed by atoms with E-state index in [2.05, 4.69) is 251 Å². The number of allylic oxidation sites excluding steroid dienone is 1. The van der Waals surface area contributed by atoms with Gasteiger partial charge in [0.05, 0.1) is 27.8 Å².